The maximum absolute atomic E-state index is 12.8. The van der Waals surface area contributed by atoms with Crippen LogP contribution in [-0.2, 0) is 6.42 Å². The average molecular weight is 255 g/mol. The first-order valence-corrected chi connectivity index (χ1v) is 6.35. The summed E-state index contributed by atoms with van der Waals surface area (Å²) in [6.45, 7) is 0.632. The van der Waals surface area contributed by atoms with Crippen LogP contribution in [0.25, 0.3) is 0 Å². The van der Waals surface area contributed by atoms with Crippen molar-refractivity contribution in [1.82, 2.24) is 5.32 Å². The highest BCUT2D eigenvalue weighted by Crippen LogP contribution is 2.33. The lowest BCUT2D eigenvalue weighted by atomic mass is 9.77. The molecule has 2 nitrogen and oxygen atoms in total. The fourth-order valence-corrected chi connectivity index (χ4v) is 2.46. The molecule has 2 aromatic carbocycles. The Hall–Kier alpha value is -2.16. The van der Waals surface area contributed by atoms with Crippen molar-refractivity contribution in [2.45, 2.75) is 12.3 Å². The Morgan fingerprint density at radius 1 is 1.16 bits per heavy atom. The summed E-state index contributed by atoms with van der Waals surface area (Å²) in [6, 6.07) is 13.9. The largest absolute Gasteiger partial charge is 0.351 e. The van der Waals surface area contributed by atoms with E-state index < -0.39 is 0 Å². The number of carbonyl (C=O) groups is 1. The first-order chi connectivity index (χ1) is 9.24. The van der Waals surface area contributed by atoms with Crippen molar-refractivity contribution in [2.75, 3.05) is 6.54 Å². The Bertz CT molecular complexity index is 606. The molecule has 0 saturated heterocycles. The second kappa shape index (κ2) is 4.84. The summed E-state index contributed by atoms with van der Waals surface area (Å²) >= 11 is 0. The second-order valence-electron chi connectivity index (χ2n) is 4.82. The molecule has 0 saturated carbocycles. The Balaban J connectivity index is 1.59. The Kier molecular flexibility index (Phi) is 3.03. The van der Waals surface area contributed by atoms with Crippen LogP contribution in [0.15, 0.2) is 48.5 Å². The van der Waals surface area contributed by atoms with E-state index in [1.54, 1.807) is 0 Å². The number of hydrogen-bond acceptors (Lipinski definition) is 1. The van der Waals surface area contributed by atoms with Gasteiger partial charge in [0.25, 0.3) is 5.91 Å². The maximum Gasteiger partial charge on any atom is 0.251 e. The fraction of sp³-hybridized carbons (Fsp3) is 0.188. The van der Waals surface area contributed by atoms with Gasteiger partial charge in [0.2, 0.25) is 0 Å². The van der Waals surface area contributed by atoms with E-state index in [0.717, 1.165) is 6.42 Å². The van der Waals surface area contributed by atoms with Crippen LogP contribution in [0.5, 0.6) is 0 Å². The van der Waals surface area contributed by atoms with E-state index in [9.17, 15) is 9.18 Å². The minimum atomic E-state index is -0.329. The number of rotatable bonds is 3. The zero-order valence-electron chi connectivity index (χ0n) is 10.4. The molecule has 0 bridgehead atoms. The van der Waals surface area contributed by atoms with Gasteiger partial charge in [-0.1, -0.05) is 24.3 Å². The molecule has 2 aromatic rings. The van der Waals surface area contributed by atoms with Gasteiger partial charge in [-0.3, -0.25) is 4.79 Å². The number of carbonyl (C=O) groups excluding carboxylic acids is 1. The molecule has 1 unspecified atom stereocenters. The predicted molar refractivity (Wildman–Crippen MR) is 71.6 cm³/mol. The zero-order valence-corrected chi connectivity index (χ0v) is 10.4. The molecule has 1 amide bonds. The molecule has 0 radical (unpaired) electrons. The lowest BCUT2D eigenvalue weighted by molar-refractivity contribution is 0.0950. The summed E-state index contributed by atoms with van der Waals surface area (Å²) in [5, 5.41) is 2.90. The van der Waals surface area contributed by atoms with Crippen LogP contribution in [0.1, 0.15) is 27.4 Å². The van der Waals surface area contributed by atoms with Gasteiger partial charge in [-0.05, 0) is 41.8 Å². The Labute approximate surface area is 111 Å². The smallest absolute Gasteiger partial charge is 0.251 e. The standard InChI is InChI=1S/C16H14FNO/c17-14-7-5-11(6-8-14)16(19)18-10-13-9-12-3-1-2-4-15(12)13/h1-8,13H,9-10H2,(H,18,19). The third-order valence-corrected chi connectivity index (χ3v) is 3.58. The Morgan fingerprint density at radius 2 is 1.89 bits per heavy atom. The zero-order chi connectivity index (χ0) is 13.2. The number of halogens is 1. The van der Waals surface area contributed by atoms with Gasteiger partial charge in [-0.25, -0.2) is 4.39 Å². The van der Waals surface area contributed by atoms with E-state index in [4.69, 9.17) is 0 Å². The lowest BCUT2D eigenvalue weighted by Crippen LogP contribution is -2.33. The van der Waals surface area contributed by atoms with Crippen LogP contribution in [0.4, 0.5) is 4.39 Å². The molecule has 0 heterocycles. The predicted octanol–water partition coefficient (Wildman–Crippen LogP) is 2.90. The molecular formula is C16H14FNO. The van der Waals surface area contributed by atoms with Crippen molar-refractivity contribution in [3.05, 3.63) is 71.0 Å². The van der Waals surface area contributed by atoms with Crippen LogP contribution in [0.2, 0.25) is 0 Å². The molecule has 0 fully saturated rings. The number of benzene rings is 2. The van der Waals surface area contributed by atoms with Crippen molar-refractivity contribution in [3.63, 3.8) is 0 Å². The number of hydrogen-bond donors (Lipinski definition) is 1. The van der Waals surface area contributed by atoms with E-state index >= 15 is 0 Å². The Morgan fingerprint density at radius 3 is 2.63 bits per heavy atom. The molecular weight excluding hydrogens is 241 g/mol. The lowest BCUT2D eigenvalue weighted by Gasteiger charge is -2.30. The average Bonchev–Trinajstić information content (AvgIpc) is 2.40. The van der Waals surface area contributed by atoms with Gasteiger partial charge in [0.05, 0.1) is 0 Å². The summed E-state index contributed by atoms with van der Waals surface area (Å²) in [5.74, 6) is -0.0746. The monoisotopic (exact) mass is 255 g/mol. The van der Waals surface area contributed by atoms with Crippen molar-refractivity contribution in [3.8, 4) is 0 Å². The highest BCUT2D eigenvalue weighted by atomic mass is 19.1. The minimum Gasteiger partial charge on any atom is -0.351 e. The number of fused-ring (bicyclic) bond motifs is 1. The molecule has 1 aliphatic rings. The summed E-state index contributed by atoms with van der Waals surface area (Å²) in [5.41, 5.74) is 3.18. The second-order valence-corrected chi connectivity index (χ2v) is 4.82. The van der Waals surface area contributed by atoms with Crippen molar-refractivity contribution in [2.24, 2.45) is 0 Å². The maximum atomic E-state index is 12.8. The first-order valence-electron chi connectivity index (χ1n) is 6.35. The van der Waals surface area contributed by atoms with Crippen LogP contribution >= 0.6 is 0 Å². The quantitative estimate of drug-likeness (QED) is 0.897. The topological polar surface area (TPSA) is 29.1 Å². The first kappa shape index (κ1) is 11.9. The van der Waals surface area contributed by atoms with Gasteiger partial charge in [0.15, 0.2) is 0 Å². The van der Waals surface area contributed by atoms with Crippen LogP contribution < -0.4 is 5.32 Å². The molecule has 0 aromatic heterocycles. The number of nitrogens with one attached hydrogen (secondary N) is 1. The summed E-state index contributed by atoms with van der Waals surface area (Å²) < 4.78 is 12.8. The molecule has 1 N–H and O–H groups in total. The van der Waals surface area contributed by atoms with E-state index in [1.807, 2.05) is 12.1 Å². The SMILES string of the molecule is O=C(NCC1Cc2ccccc21)c1ccc(F)cc1. The summed E-state index contributed by atoms with van der Waals surface area (Å²) in [4.78, 5) is 11.9. The van der Waals surface area contributed by atoms with Gasteiger partial charge < -0.3 is 5.32 Å². The van der Waals surface area contributed by atoms with E-state index in [-0.39, 0.29) is 11.7 Å². The summed E-state index contributed by atoms with van der Waals surface area (Å²) in [6.07, 6.45) is 1.01. The third kappa shape index (κ3) is 2.36. The fourth-order valence-electron chi connectivity index (χ4n) is 2.46. The molecule has 3 rings (SSSR count). The van der Waals surface area contributed by atoms with Crippen molar-refractivity contribution in [1.29, 1.82) is 0 Å². The normalized spacial score (nSPS) is 16.4. The van der Waals surface area contributed by atoms with E-state index in [2.05, 4.69) is 17.4 Å². The summed E-state index contributed by atoms with van der Waals surface area (Å²) in [7, 11) is 0. The highest BCUT2D eigenvalue weighted by molar-refractivity contribution is 5.94. The van der Waals surface area contributed by atoms with Gasteiger partial charge in [0.1, 0.15) is 5.82 Å². The molecule has 1 aliphatic carbocycles. The van der Waals surface area contributed by atoms with Gasteiger partial charge in [-0.2, -0.15) is 0 Å². The van der Waals surface area contributed by atoms with E-state index in [1.165, 1.54) is 35.4 Å². The molecule has 1 atom stereocenters. The van der Waals surface area contributed by atoms with Gasteiger partial charge in [0, 0.05) is 18.0 Å². The molecule has 96 valence electrons. The molecule has 0 aliphatic heterocycles. The van der Waals surface area contributed by atoms with Crippen LogP contribution in [-0.4, -0.2) is 12.5 Å². The molecule has 3 heteroatoms. The minimum absolute atomic E-state index is 0.149. The van der Waals surface area contributed by atoms with Crippen molar-refractivity contribution < 1.29 is 9.18 Å². The van der Waals surface area contributed by atoms with Gasteiger partial charge in [-0.15, -0.1) is 0 Å². The van der Waals surface area contributed by atoms with Crippen LogP contribution in [0, 0.1) is 5.82 Å². The van der Waals surface area contributed by atoms with Crippen molar-refractivity contribution >= 4 is 5.91 Å². The molecule has 0 spiro atoms. The highest BCUT2D eigenvalue weighted by Gasteiger charge is 2.25. The van der Waals surface area contributed by atoms with E-state index in [0.29, 0.717) is 18.0 Å². The number of amides is 1. The third-order valence-electron chi connectivity index (χ3n) is 3.58. The van der Waals surface area contributed by atoms with Gasteiger partial charge >= 0.3 is 0 Å². The van der Waals surface area contributed by atoms with Crippen LogP contribution in [0.3, 0.4) is 0 Å². The molecule has 19 heavy (non-hydrogen) atoms.